The minimum atomic E-state index is -0.616. The van der Waals surface area contributed by atoms with E-state index in [2.05, 4.69) is 37.4 Å². The summed E-state index contributed by atoms with van der Waals surface area (Å²) in [5, 5.41) is 11.5. The fourth-order valence-corrected chi connectivity index (χ4v) is 3.64. The third kappa shape index (κ3) is 5.72. The van der Waals surface area contributed by atoms with Gasteiger partial charge in [0, 0.05) is 15.5 Å². The lowest BCUT2D eigenvalue weighted by Crippen LogP contribution is -2.20. The minimum Gasteiger partial charge on any atom is -0.452 e. The van der Waals surface area contributed by atoms with Gasteiger partial charge in [0.2, 0.25) is 0 Å². The number of hydrogen-bond donors (Lipinski definition) is 1. The van der Waals surface area contributed by atoms with Crippen LogP contribution in [0.2, 0.25) is 0 Å². The molecule has 3 aromatic rings. The first-order chi connectivity index (χ1) is 14.4. The first-order valence-corrected chi connectivity index (χ1v) is 10.1. The average molecular weight is 417 g/mol. The zero-order chi connectivity index (χ0) is 21.5. The number of benzene rings is 3. The fraction of sp³-hybridized carbons (Fsp3) is 0.125. The monoisotopic (exact) mass is 416 g/mol. The molecule has 0 radical (unpaired) electrons. The number of carbonyl (C=O) groups excluding carboxylic acids is 2. The van der Waals surface area contributed by atoms with Crippen LogP contribution in [0.4, 0.5) is 5.69 Å². The van der Waals surface area contributed by atoms with Crippen molar-refractivity contribution in [1.29, 1.82) is 5.26 Å². The predicted octanol–water partition coefficient (Wildman–Crippen LogP) is 5.12. The number of ether oxygens (including phenoxy) is 1. The predicted molar refractivity (Wildman–Crippen MR) is 117 cm³/mol. The summed E-state index contributed by atoms with van der Waals surface area (Å²) < 4.78 is 5.02. The number of aryl methyl sites for hydroxylation is 2. The lowest BCUT2D eigenvalue weighted by molar-refractivity contribution is -0.119. The van der Waals surface area contributed by atoms with Gasteiger partial charge in [0.05, 0.1) is 17.2 Å². The van der Waals surface area contributed by atoms with Gasteiger partial charge in [-0.1, -0.05) is 23.9 Å². The maximum Gasteiger partial charge on any atom is 0.338 e. The van der Waals surface area contributed by atoms with Crippen LogP contribution in [0.3, 0.4) is 0 Å². The standard InChI is InChI=1S/C24H20N2O3S/c1-16-3-4-17(2)22(13-16)30-21-11-9-20(10-12-21)26-23(27)15-29-24(28)19-7-5-18(14-25)6-8-19/h3-13H,15H2,1-2H3,(H,26,27). The van der Waals surface area contributed by atoms with E-state index < -0.39 is 18.5 Å². The highest BCUT2D eigenvalue weighted by atomic mass is 32.2. The Labute approximate surface area is 179 Å². The van der Waals surface area contributed by atoms with Gasteiger partial charge in [-0.05, 0) is 79.6 Å². The maximum atomic E-state index is 12.1. The van der Waals surface area contributed by atoms with Crippen LogP contribution in [0.5, 0.6) is 0 Å². The van der Waals surface area contributed by atoms with Crippen molar-refractivity contribution in [2.24, 2.45) is 0 Å². The van der Waals surface area contributed by atoms with Crippen LogP contribution in [-0.2, 0) is 9.53 Å². The van der Waals surface area contributed by atoms with Crippen molar-refractivity contribution < 1.29 is 14.3 Å². The van der Waals surface area contributed by atoms with Crippen LogP contribution in [0.1, 0.15) is 27.0 Å². The number of hydrogen-bond acceptors (Lipinski definition) is 5. The Hall–Kier alpha value is -3.56. The summed E-state index contributed by atoms with van der Waals surface area (Å²) in [6, 6.07) is 21.8. The molecule has 0 aliphatic heterocycles. The van der Waals surface area contributed by atoms with Crippen molar-refractivity contribution in [3.05, 3.63) is 89.0 Å². The van der Waals surface area contributed by atoms with E-state index >= 15 is 0 Å². The second-order valence-electron chi connectivity index (χ2n) is 6.71. The van der Waals surface area contributed by atoms with E-state index in [1.54, 1.807) is 11.8 Å². The summed E-state index contributed by atoms with van der Waals surface area (Å²) in [4.78, 5) is 26.3. The lowest BCUT2D eigenvalue weighted by Gasteiger charge is -2.09. The van der Waals surface area contributed by atoms with Crippen LogP contribution < -0.4 is 5.32 Å². The van der Waals surface area contributed by atoms with Crippen LogP contribution in [-0.4, -0.2) is 18.5 Å². The van der Waals surface area contributed by atoms with Crippen LogP contribution in [0.15, 0.2) is 76.5 Å². The quantitative estimate of drug-likeness (QED) is 0.564. The van der Waals surface area contributed by atoms with Crippen molar-refractivity contribution in [3.8, 4) is 6.07 Å². The SMILES string of the molecule is Cc1ccc(C)c(Sc2ccc(NC(=O)COC(=O)c3ccc(C#N)cc3)cc2)c1. The molecule has 0 atom stereocenters. The molecule has 0 aromatic heterocycles. The van der Waals surface area contributed by atoms with E-state index in [4.69, 9.17) is 10.00 Å². The smallest absolute Gasteiger partial charge is 0.338 e. The second-order valence-corrected chi connectivity index (χ2v) is 7.82. The third-order valence-corrected chi connectivity index (χ3v) is 5.46. The summed E-state index contributed by atoms with van der Waals surface area (Å²) in [5.74, 6) is -1.04. The molecule has 0 unspecified atom stereocenters. The number of nitriles is 1. The van der Waals surface area contributed by atoms with E-state index in [9.17, 15) is 9.59 Å². The third-order valence-electron chi connectivity index (χ3n) is 4.29. The normalized spacial score (nSPS) is 10.2. The van der Waals surface area contributed by atoms with Crippen molar-refractivity contribution in [1.82, 2.24) is 0 Å². The summed E-state index contributed by atoms with van der Waals surface area (Å²) >= 11 is 1.67. The maximum absolute atomic E-state index is 12.1. The highest BCUT2D eigenvalue weighted by molar-refractivity contribution is 7.99. The van der Waals surface area contributed by atoms with Crippen molar-refractivity contribution in [2.75, 3.05) is 11.9 Å². The molecule has 0 saturated heterocycles. The first kappa shape index (κ1) is 21.2. The molecule has 0 fully saturated rings. The van der Waals surface area contributed by atoms with Crippen molar-refractivity contribution >= 4 is 29.3 Å². The number of esters is 1. The number of nitrogens with one attached hydrogen (secondary N) is 1. The summed E-state index contributed by atoms with van der Waals surface area (Å²) in [6.45, 7) is 3.75. The van der Waals surface area contributed by atoms with Gasteiger partial charge in [-0.25, -0.2) is 4.79 Å². The van der Waals surface area contributed by atoms with E-state index in [1.165, 1.54) is 40.3 Å². The molecule has 150 valence electrons. The Morgan fingerprint density at radius 2 is 1.70 bits per heavy atom. The van der Waals surface area contributed by atoms with E-state index in [0.29, 0.717) is 11.3 Å². The molecule has 0 bridgehead atoms. The zero-order valence-corrected chi connectivity index (χ0v) is 17.5. The van der Waals surface area contributed by atoms with Crippen molar-refractivity contribution in [2.45, 2.75) is 23.6 Å². The molecule has 3 rings (SSSR count). The van der Waals surface area contributed by atoms with Crippen LogP contribution in [0, 0.1) is 25.2 Å². The highest BCUT2D eigenvalue weighted by Gasteiger charge is 2.11. The molecule has 0 spiro atoms. The van der Waals surface area contributed by atoms with Gasteiger partial charge in [-0.15, -0.1) is 0 Å². The fourth-order valence-electron chi connectivity index (χ4n) is 2.64. The van der Waals surface area contributed by atoms with Crippen LogP contribution in [0.25, 0.3) is 0 Å². The Kier molecular flexibility index (Phi) is 6.89. The molecule has 1 N–H and O–H groups in total. The molecule has 0 heterocycles. The van der Waals surface area contributed by atoms with Gasteiger partial charge >= 0.3 is 5.97 Å². The molecule has 0 saturated carbocycles. The van der Waals surface area contributed by atoms with Gasteiger partial charge in [0.25, 0.3) is 5.91 Å². The Morgan fingerprint density at radius 1 is 1.00 bits per heavy atom. The van der Waals surface area contributed by atoms with E-state index in [-0.39, 0.29) is 5.56 Å². The zero-order valence-electron chi connectivity index (χ0n) is 16.6. The Bertz CT molecular complexity index is 1100. The van der Waals surface area contributed by atoms with Crippen molar-refractivity contribution in [3.63, 3.8) is 0 Å². The van der Waals surface area contributed by atoms with Gasteiger partial charge in [-0.3, -0.25) is 4.79 Å². The molecule has 1 amide bonds. The van der Waals surface area contributed by atoms with E-state index in [1.807, 2.05) is 30.3 Å². The van der Waals surface area contributed by atoms with Gasteiger partial charge in [0.15, 0.2) is 6.61 Å². The lowest BCUT2D eigenvalue weighted by atomic mass is 10.1. The number of amides is 1. The largest absolute Gasteiger partial charge is 0.452 e. The molecule has 30 heavy (non-hydrogen) atoms. The molecular formula is C24H20N2O3S. The summed E-state index contributed by atoms with van der Waals surface area (Å²) in [6.07, 6.45) is 0. The molecule has 3 aromatic carbocycles. The molecule has 0 aliphatic rings. The highest BCUT2D eigenvalue weighted by Crippen LogP contribution is 2.31. The van der Waals surface area contributed by atoms with E-state index in [0.717, 1.165) is 4.90 Å². The minimum absolute atomic E-state index is 0.287. The average Bonchev–Trinajstić information content (AvgIpc) is 2.76. The topological polar surface area (TPSA) is 79.2 Å². The van der Waals surface area contributed by atoms with Crippen LogP contribution >= 0.6 is 11.8 Å². The molecule has 0 aliphatic carbocycles. The summed E-state index contributed by atoms with van der Waals surface area (Å²) in [7, 11) is 0. The van der Waals surface area contributed by atoms with Gasteiger partial charge < -0.3 is 10.1 Å². The van der Waals surface area contributed by atoms with Gasteiger partial charge in [-0.2, -0.15) is 5.26 Å². The second kappa shape index (κ2) is 9.77. The first-order valence-electron chi connectivity index (χ1n) is 9.27. The molecule has 5 nitrogen and oxygen atoms in total. The molecular weight excluding hydrogens is 396 g/mol. The molecule has 6 heteroatoms. The number of anilines is 1. The van der Waals surface area contributed by atoms with Gasteiger partial charge in [0.1, 0.15) is 0 Å². The Morgan fingerprint density at radius 3 is 2.37 bits per heavy atom. The number of rotatable bonds is 6. The number of carbonyl (C=O) groups is 2. The number of nitrogens with zero attached hydrogens (tertiary/aromatic N) is 1. The Balaban J connectivity index is 1.52. The summed E-state index contributed by atoms with van der Waals surface area (Å²) in [5.41, 5.74) is 3.78.